The number of amides is 1. The molecule has 0 spiro atoms. The zero-order valence-corrected chi connectivity index (χ0v) is 20.9. The van der Waals surface area contributed by atoms with Crippen molar-refractivity contribution in [2.45, 2.75) is 38.3 Å². The topological polar surface area (TPSA) is 36.4 Å². The van der Waals surface area contributed by atoms with Crippen molar-refractivity contribution in [1.29, 1.82) is 0 Å². The van der Waals surface area contributed by atoms with E-state index >= 15 is 0 Å². The van der Waals surface area contributed by atoms with Gasteiger partial charge in [0.2, 0.25) is 5.91 Å². The molecule has 0 saturated carbocycles. The average Bonchev–Trinajstić information content (AvgIpc) is 2.87. The summed E-state index contributed by atoms with van der Waals surface area (Å²) in [5, 5.41) is 1.17. The Bertz CT molecular complexity index is 1080. The maximum Gasteiger partial charge on any atom is 0.223 e. The van der Waals surface area contributed by atoms with Crippen LogP contribution in [0.2, 0.25) is 0 Å². The Balaban J connectivity index is 1.41. The molecule has 1 aliphatic rings. The fraction of sp³-hybridized carbons (Fsp3) is 0.429. The van der Waals surface area contributed by atoms with Crippen LogP contribution in [-0.4, -0.2) is 58.9 Å². The van der Waals surface area contributed by atoms with Gasteiger partial charge in [0.05, 0.1) is 11.2 Å². The largest absolute Gasteiger partial charge is 0.342 e. The van der Waals surface area contributed by atoms with E-state index in [-0.39, 0.29) is 17.8 Å². The van der Waals surface area contributed by atoms with E-state index in [1.165, 1.54) is 17.5 Å². The highest BCUT2D eigenvalue weighted by Gasteiger charge is 2.31. The van der Waals surface area contributed by atoms with Gasteiger partial charge in [0, 0.05) is 37.2 Å². The molecule has 180 valence electrons. The van der Waals surface area contributed by atoms with Gasteiger partial charge < -0.3 is 4.90 Å². The fourth-order valence-corrected chi connectivity index (χ4v) is 5.33. The molecule has 0 bridgehead atoms. The number of benzene rings is 2. The minimum Gasteiger partial charge on any atom is -0.342 e. The van der Waals surface area contributed by atoms with E-state index in [1.54, 1.807) is 11.8 Å². The Labute approximate surface area is 206 Å². The first-order chi connectivity index (χ1) is 16.5. The van der Waals surface area contributed by atoms with E-state index in [2.05, 4.69) is 29.2 Å². The third kappa shape index (κ3) is 6.36. The number of hydrogen-bond donors (Lipinski definition) is 0. The molecule has 0 N–H and O–H groups in total. The van der Waals surface area contributed by atoms with Crippen LogP contribution in [-0.2, 0) is 17.8 Å². The number of carbonyl (C=O) groups excluding carboxylic acids is 1. The van der Waals surface area contributed by atoms with Crippen LogP contribution >= 0.6 is 11.8 Å². The summed E-state index contributed by atoms with van der Waals surface area (Å²) in [6, 6.07) is 19.4. The Morgan fingerprint density at radius 3 is 2.59 bits per heavy atom. The van der Waals surface area contributed by atoms with E-state index in [1.807, 2.05) is 42.5 Å². The molecule has 0 aliphatic carbocycles. The first kappa shape index (κ1) is 24.7. The van der Waals surface area contributed by atoms with Crippen LogP contribution < -0.4 is 0 Å². The van der Waals surface area contributed by atoms with E-state index in [9.17, 15) is 9.18 Å². The molecule has 1 aliphatic heterocycles. The maximum absolute atomic E-state index is 13.4. The molecular formula is C28H34FN3OS. The van der Waals surface area contributed by atoms with Gasteiger partial charge in [-0.2, -0.15) is 11.8 Å². The molecule has 1 aromatic heterocycles. The lowest BCUT2D eigenvalue weighted by molar-refractivity contribution is -0.133. The summed E-state index contributed by atoms with van der Waals surface area (Å²) < 4.78 is 13.4. The van der Waals surface area contributed by atoms with Gasteiger partial charge in [-0.1, -0.05) is 36.4 Å². The van der Waals surface area contributed by atoms with Gasteiger partial charge >= 0.3 is 0 Å². The molecule has 34 heavy (non-hydrogen) atoms. The number of fused-ring (bicyclic) bond motifs is 1. The number of para-hydroxylation sites is 1. The number of carbonyl (C=O) groups is 1. The first-order valence-corrected chi connectivity index (χ1v) is 13.5. The van der Waals surface area contributed by atoms with E-state index in [0.29, 0.717) is 12.3 Å². The molecule has 1 unspecified atom stereocenters. The molecule has 2 heterocycles. The molecule has 4 rings (SSSR count). The van der Waals surface area contributed by atoms with E-state index < -0.39 is 0 Å². The quantitative estimate of drug-likeness (QED) is 0.411. The Kier molecular flexibility index (Phi) is 8.57. The minimum atomic E-state index is -0.222. The van der Waals surface area contributed by atoms with Gasteiger partial charge in [-0.25, -0.2) is 4.39 Å². The molecule has 3 aromatic rings. The summed E-state index contributed by atoms with van der Waals surface area (Å²) in [4.78, 5) is 22.1. The highest BCUT2D eigenvalue weighted by atomic mass is 32.2. The molecular weight excluding hydrogens is 445 g/mol. The number of halogens is 1. The van der Waals surface area contributed by atoms with Crippen LogP contribution in [0.5, 0.6) is 0 Å². The molecule has 6 heteroatoms. The Morgan fingerprint density at radius 1 is 1.12 bits per heavy atom. The first-order valence-electron chi connectivity index (χ1n) is 12.1. The zero-order chi connectivity index (χ0) is 23.9. The van der Waals surface area contributed by atoms with Crippen molar-refractivity contribution in [3.8, 4) is 0 Å². The summed E-state index contributed by atoms with van der Waals surface area (Å²) >= 11 is 1.70. The second kappa shape index (κ2) is 11.8. The summed E-state index contributed by atoms with van der Waals surface area (Å²) in [6.07, 6.45) is 5.44. The number of pyridine rings is 1. The summed E-state index contributed by atoms with van der Waals surface area (Å²) in [6.45, 7) is 2.83. The van der Waals surface area contributed by atoms with Crippen LogP contribution in [0, 0.1) is 11.7 Å². The van der Waals surface area contributed by atoms with Crippen LogP contribution in [0.1, 0.15) is 30.5 Å². The van der Waals surface area contributed by atoms with Crippen molar-refractivity contribution >= 4 is 28.6 Å². The van der Waals surface area contributed by atoms with Crippen molar-refractivity contribution in [1.82, 2.24) is 14.8 Å². The molecule has 1 amide bonds. The second-order valence-electron chi connectivity index (χ2n) is 9.25. The lowest BCUT2D eigenvalue weighted by Gasteiger charge is -2.40. The van der Waals surface area contributed by atoms with Crippen LogP contribution in [0.4, 0.5) is 4.39 Å². The van der Waals surface area contributed by atoms with Crippen molar-refractivity contribution in [2.75, 3.05) is 32.1 Å². The predicted octanol–water partition coefficient (Wildman–Crippen LogP) is 5.41. The van der Waals surface area contributed by atoms with Crippen molar-refractivity contribution in [3.63, 3.8) is 0 Å². The van der Waals surface area contributed by atoms with Crippen molar-refractivity contribution in [2.24, 2.45) is 5.92 Å². The van der Waals surface area contributed by atoms with Crippen LogP contribution in [0.3, 0.4) is 0 Å². The number of likely N-dealkylation sites (tertiary alicyclic amines) is 1. The monoisotopic (exact) mass is 479 g/mol. The Hall–Kier alpha value is -2.44. The number of likely N-dealkylation sites (N-methyl/N-ethyl adjacent to an activating group) is 1. The molecule has 1 saturated heterocycles. The van der Waals surface area contributed by atoms with E-state index in [0.717, 1.165) is 61.4 Å². The van der Waals surface area contributed by atoms with Crippen LogP contribution in [0.25, 0.3) is 10.9 Å². The van der Waals surface area contributed by atoms with Crippen LogP contribution in [0.15, 0.2) is 60.7 Å². The maximum atomic E-state index is 13.4. The fourth-order valence-electron chi connectivity index (χ4n) is 4.95. The third-order valence-electron chi connectivity index (χ3n) is 6.99. The van der Waals surface area contributed by atoms with Gasteiger partial charge in [-0.15, -0.1) is 0 Å². The SMILES string of the molecule is CSCCC(=O)N(C)C(Cc1ccc(F)cc1)C1CCN(Cc2ccc3ccccc3n2)CC1. The normalized spacial score (nSPS) is 16.0. The number of thioether (sulfide) groups is 1. The number of nitrogens with zero attached hydrogens (tertiary/aromatic N) is 3. The molecule has 1 fully saturated rings. The predicted molar refractivity (Wildman–Crippen MR) is 139 cm³/mol. The highest BCUT2D eigenvalue weighted by Crippen LogP contribution is 2.28. The summed E-state index contributed by atoms with van der Waals surface area (Å²) in [5.41, 5.74) is 3.22. The standard InChI is InChI=1S/C28H34FN3OS/c1-31(28(33)15-18-34-2)27(19-21-7-10-24(29)11-8-21)23-13-16-32(17-14-23)20-25-12-9-22-5-3-4-6-26(22)30-25/h3-12,23,27H,13-20H2,1-2H3. The van der Waals surface area contributed by atoms with Gasteiger partial charge in [0.1, 0.15) is 5.82 Å². The lowest BCUT2D eigenvalue weighted by atomic mass is 9.84. The smallest absolute Gasteiger partial charge is 0.223 e. The van der Waals surface area contributed by atoms with Gasteiger partial charge in [0.15, 0.2) is 0 Å². The summed E-state index contributed by atoms with van der Waals surface area (Å²) in [7, 11) is 1.95. The molecule has 2 aromatic carbocycles. The summed E-state index contributed by atoms with van der Waals surface area (Å²) in [5.74, 6) is 1.24. The lowest BCUT2D eigenvalue weighted by Crippen LogP contribution is -2.47. The highest BCUT2D eigenvalue weighted by molar-refractivity contribution is 7.98. The van der Waals surface area contributed by atoms with Crippen molar-refractivity contribution < 1.29 is 9.18 Å². The zero-order valence-electron chi connectivity index (χ0n) is 20.1. The van der Waals surface area contributed by atoms with Gasteiger partial charge in [-0.3, -0.25) is 14.7 Å². The van der Waals surface area contributed by atoms with Gasteiger partial charge in [0.25, 0.3) is 0 Å². The third-order valence-corrected chi connectivity index (χ3v) is 7.60. The number of rotatable bonds is 9. The number of aromatic nitrogens is 1. The van der Waals surface area contributed by atoms with Gasteiger partial charge in [-0.05, 0) is 74.4 Å². The Morgan fingerprint density at radius 2 is 1.85 bits per heavy atom. The minimum absolute atomic E-state index is 0.126. The number of piperidine rings is 1. The molecule has 1 atom stereocenters. The second-order valence-corrected chi connectivity index (χ2v) is 10.2. The van der Waals surface area contributed by atoms with Crippen molar-refractivity contribution in [3.05, 3.63) is 77.7 Å². The molecule has 4 nitrogen and oxygen atoms in total. The average molecular weight is 480 g/mol. The number of hydrogen-bond acceptors (Lipinski definition) is 4. The molecule has 0 radical (unpaired) electrons. The van der Waals surface area contributed by atoms with E-state index in [4.69, 9.17) is 4.98 Å².